The smallest absolute Gasteiger partial charge is 0.119 e. The Morgan fingerprint density at radius 1 is 0.810 bits per heavy atom. The molecule has 1 unspecified atom stereocenters. The molecule has 0 spiro atoms. The number of para-hydroxylation sites is 1. The van der Waals surface area contributed by atoms with E-state index in [0.29, 0.717) is 19.1 Å². The SMILES string of the molecule is [CH2]C(CCOc1ccccc1)CCOc1ccc(Br)cc1. The Morgan fingerprint density at radius 2 is 1.33 bits per heavy atom. The molecule has 0 saturated carbocycles. The van der Waals surface area contributed by atoms with Crippen molar-refractivity contribution in [3.05, 3.63) is 66.0 Å². The van der Waals surface area contributed by atoms with E-state index in [1.807, 2.05) is 54.6 Å². The highest BCUT2D eigenvalue weighted by Crippen LogP contribution is 2.17. The summed E-state index contributed by atoms with van der Waals surface area (Å²) in [6.45, 7) is 5.52. The topological polar surface area (TPSA) is 18.5 Å². The molecule has 0 aliphatic heterocycles. The standard InChI is InChI=1S/C18H20BrO2/c1-15(11-13-20-17-5-3-2-4-6-17)12-14-21-18-9-7-16(19)8-10-18/h2-10,15H,1,11-14H2. The minimum Gasteiger partial charge on any atom is -0.494 e. The third-order valence-corrected chi connectivity index (χ3v) is 3.68. The molecule has 0 aliphatic carbocycles. The van der Waals surface area contributed by atoms with E-state index in [4.69, 9.17) is 9.47 Å². The number of hydrogen-bond acceptors (Lipinski definition) is 2. The molecule has 2 nitrogen and oxygen atoms in total. The lowest BCUT2D eigenvalue weighted by molar-refractivity contribution is 0.254. The van der Waals surface area contributed by atoms with Gasteiger partial charge in [0, 0.05) is 4.47 Å². The van der Waals surface area contributed by atoms with Crippen LogP contribution in [0.1, 0.15) is 12.8 Å². The van der Waals surface area contributed by atoms with Gasteiger partial charge in [-0.15, -0.1) is 0 Å². The summed E-state index contributed by atoms with van der Waals surface area (Å²) in [5.41, 5.74) is 0. The normalized spacial score (nSPS) is 11.9. The van der Waals surface area contributed by atoms with Gasteiger partial charge in [0.05, 0.1) is 13.2 Å². The Morgan fingerprint density at radius 3 is 1.90 bits per heavy atom. The Labute approximate surface area is 135 Å². The van der Waals surface area contributed by atoms with Crippen molar-refractivity contribution >= 4 is 15.9 Å². The summed E-state index contributed by atoms with van der Waals surface area (Å²) >= 11 is 3.41. The highest BCUT2D eigenvalue weighted by Gasteiger charge is 2.04. The maximum atomic E-state index is 5.69. The van der Waals surface area contributed by atoms with Crippen LogP contribution in [-0.2, 0) is 0 Å². The fourth-order valence-corrected chi connectivity index (χ4v) is 2.14. The third kappa shape index (κ3) is 6.21. The van der Waals surface area contributed by atoms with Crippen molar-refractivity contribution in [3.8, 4) is 11.5 Å². The van der Waals surface area contributed by atoms with Gasteiger partial charge in [-0.05, 0) is 62.1 Å². The minimum absolute atomic E-state index is 0.337. The molecular formula is C18H20BrO2. The molecule has 0 amide bonds. The minimum atomic E-state index is 0.337. The van der Waals surface area contributed by atoms with Crippen LogP contribution in [0.3, 0.4) is 0 Å². The van der Waals surface area contributed by atoms with Crippen LogP contribution < -0.4 is 9.47 Å². The molecule has 0 saturated heterocycles. The Hall–Kier alpha value is -1.48. The van der Waals surface area contributed by atoms with Crippen LogP contribution in [0.2, 0.25) is 0 Å². The van der Waals surface area contributed by atoms with Gasteiger partial charge in [0.1, 0.15) is 11.5 Å². The number of hydrogen-bond donors (Lipinski definition) is 0. The van der Waals surface area contributed by atoms with E-state index in [1.165, 1.54) is 0 Å². The average molecular weight is 348 g/mol. The van der Waals surface area contributed by atoms with E-state index in [0.717, 1.165) is 28.8 Å². The molecule has 3 heteroatoms. The van der Waals surface area contributed by atoms with Crippen molar-refractivity contribution in [2.24, 2.45) is 5.92 Å². The first-order valence-electron chi connectivity index (χ1n) is 7.13. The number of benzene rings is 2. The molecule has 111 valence electrons. The van der Waals surface area contributed by atoms with Crippen LogP contribution in [0.25, 0.3) is 0 Å². The van der Waals surface area contributed by atoms with E-state index in [9.17, 15) is 0 Å². The van der Waals surface area contributed by atoms with Gasteiger partial charge in [-0.1, -0.05) is 34.1 Å². The zero-order valence-corrected chi connectivity index (χ0v) is 13.6. The molecule has 21 heavy (non-hydrogen) atoms. The molecule has 0 aromatic heterocycles. The molecule has 2 aromatic rings. The summed E-state index contributed by atoms with van der Waals surface area (Å²) in [4.78, 5) is 0. The van der Waals surface area contributed by atoms with Crippen LogP contribution in [0, 0.1) is 12.8 Å². The molecule has 0 fully saturated rings. The summed E-state index contributed by atoms with van der Waals surface area (Å²) in [6.07, 6.45) is 1.85. The summed E-state index contributed by atoms with van der Waals surface area (Å²) in [7, 11) is 0. The Balaban J connectivity index is 1.59. The maximum absolute atomic E-state index is 5.69. The second-order valence-electron chi connectivity index (χ2n) is 4.91. The summed E-state index contributed by atoms with van der Waals surface area (Å²) < 4.78 is 12.4. The first-order valence-corrected chi connectivity index (χ1v) is 7.92. The van der Waals surface area contributed by atoms with Gasteiger partial charge in [-0.3, -0.25) is 0 Å². The molecule has 0 heterocycles. The van der Waals surface area contributed by atoms with Gasteiger partial charge in [-0.2, -0.15) is 0 Å². The van der Waals surface area contributed by atoms with Gasteiger partial charge in [-0.25, -0.2) is 0 Å². The molecule has 0 aliphatic rings. The van der Waals surface area contributed by atoms with Crippen LogP contribution in [0.4, 0.5) is 0 Å². The fourth-order valence-electron chi connectivity index (χ4n) is 1.88. The number of ether oxygens (including phenoxy) is 2. The van der Waals surface area contributed by atoms with E-state index in [2.05, 4.69) is 22.9 Å². The summed E-state index contributed by atoms with van der Waals surface area (Å²) in [6, 6.07) is 17.7. The first-order chi connectivity index (χ1) is 10.2. The predicted molar refractivity (Wildman–Crippen MR) is 89.7 cm³/mol. The Kier molecular flexibility index (Phi) is 6.61. The van der Waals surface area contributed by atoms with E-state index in [-0.39, 0.29) is 0 Å². The predicted octanol–water partition coefficient (Wildman–Crippen LogP) is 5.14. The highest BCUT2D eigenvalue weighted by atomic mass is 79.9. The molecule has 0 N–H and O–H groups in total. The maximum Gasteiger partial charge on any atom is 0.119 e. The van der Waals surface area contributed by atoms with E-state index >= 15 is 0 Å². The van der Waals surface area contributed by atoms with Gasteiger partial charge in [0.2, 0.25) is 0 Å². The molecular weight excluding hydrogens is 328 g/mol. The van der Waals surface area contributed by atoms with Crippen LogP contribution in [0.15, 0.2) is 59.1 Å². The van der Waals surface area contributed by atoms with Crippen LogP contribution in [0.5, 0.6) is 11.5 Å². The summed E-state index contributed by atoms with van der Waals surface area (Å²) in [5.74, 6) is 2.14. The van der Waals surface area contributed by atoms with Gasteiger partial charge in [0.25, 0.3) is 0 Å². The van der Waals surface area contributed by atoms with Crippen molar-refractivity contribution in [3.63, 3.8) is 0 Å². The first kappa shape index (κ1) is 15.9. The second-order valence-corrected chi connectivity index (χ2v) is 5.82. The van der Waals surface area contributed by atoms with Crippen molar-refractivity contribution in [2.45, 2.75) is 12.8 Å². The lowest BCUT2D eigenvalue weighted by Gasteiger charge is -2.13. The van der Waals surface area contributed by atoms with Gasteiger partial charge < -0.3 is 9.47 Å². The zero-order chi connectivity index (χ0) is 14.9. The number of rotatable bonds is 8. The van der Waals surface area contributed by atoms with Crippen molar-refractivity contribution in [2.75, 3.05) is 13.2 Å². The Bertz CT molecular complexity index is 511. The van der Waals surface area contributed by atoms with Crippen molar-refractivity contribution in [1.29, 1.82) is 0 Å². The van der Waals surface area contributed by atoms with Crippen LogP contribution >= 0.6 is 15.9 Å². The lowest BCUT2D eigenvalue weighted by atomic mass is 10.1. The zero-order valence-electron chi connectivity index (χ0n) is 12.0. The highest BCUT2D eigenvalue weighted by molar-refractivity contribution is 9.10. The van der Waals surface area contributed by atoms with E-state index in [1.54, 1.807) is 0 Å². The lowest BCUT2D eigenvalue weighted by Crippen LogP contribution is -2.08. The quantitative estimate of drug-likeness (QED) is 0.658. The van der Waals surface area contributed by atoms with Crippen LogP contribution in [-0.4, -0.2) is 13.2 Å². The van der Waals surface area contributed by atoms with Crippen molar-refractivity contribution in [1.82, 2.24) is 0 Å². The molecule has 2 rings (SSSR count). The van der Waals surface area contributed by atoms with Gasteiger partial charge >= 0.3 is 0 Å². The molecule has 0 bridgehead atoms. The van der Waals surface area contributed by atoms with E-state index < -0.39 is 0 Å². The summed E-state index contributed by atoms with van der Waals surface area (Å²) in [5, 5.41) is 0. The third-order valence-electron chi connectivity index (χ3n) is 3.15. The van der Waals surface area contributed by atoms with Crippen molar-refractivity contribution < 1.29 is 9.47 Å². The monoisotopic (exact) mass is 347 g/mol. The number of halogens is 1. The average Bonchev–Trinajstić information content (AvgIpc) is 2.50. The molecule has 2 aromatic carbocycles. The molecule has 1 radical (unpaired) electrons. The van der Waals surface area contributed by atoms with Gasteiger partial charge in [0.15, 0.2) is 0 Å². The fraction of sp³-hybridized carbons (Fsp3) is 0.278. The second kappa shape index (κ2) is 8.73. The largest absolute Gasteiger partial charge is 0.494 e. The molecule has 1 atom stereocenters.